The van der Waals surface area contributed by atoms with Gasteiger partial charge in [0.2, 0.25) is 0 Å². The number of rotatable bonds is 7. The highest BCUT2D eigenvalue weighted by Gasteiger charge is 2.22. The summed E-state index contributed by atoms with van der Waals surface area (Å²) in [5, 5.41) is 12.5. The fraction of sp³-hybridized carbons (Fsp3) is 0.625. The average molecular weight is 247 g/mol. The third-order valence-corrected chi connectivity index (χ3v) is 3.75. The molecule has 0 saturated heterocycles. The van der Waals surface area contributed by atoms with Gasteiger partial charge < -0.3 is 10.4 Å². The lowest BCUT2D eigenvalue weighted by molar-refractivity contribution is 0.207. The van der Waals surface area contributed by atoms with E-state index >= 15 is 0 Å². The highest BCUT2D eigenvalue weighted by molar-refractivity contribution is 5.27. The Bertz CT molecular complexity index is 365. The minimum absolute atomic E-state index is 0.169. The van der Waals surface area contributed by atoms with Crippen molar-refractivity contribution in [3.63, 3.8) is 0 Å². The van der Waals surface area contributed by atoms with Gasteiger partial charge in [-0.25, -0.2) is 0 Å². The number of aliphatic hydroxyl groups is 1. The van der Waals surface area contributed by atoms with Crippen LogP contribution >= 0.6 is 0 Å². The first-order chi connectivity index (χ1) is 8.61. The SMILES string of the molecule is CC(C)(CCO)CNCc1ccc(C2CC2)cc1. The second-order valence-corrected chi connectivity index (χ2v) is 6.26. The quantitative estimate of drug-likeness (QED) is 0.776. The van der Waals surface area contributed by atoms with Crippen molar-refractivity contribution in [3.8, 4) is 0 Å². The van der Waals surface area contributed by atoms with Gasteiger partial charge in [-0.1, -0.05) is 38.1 Å². The summed E-state index contributed by atoms with van der Waals surface area (Å²) in [6, 6.07) is 9.01. The van der Waals surface area contributed by atoms with Crippen LogP contribution in [0.15, 0.2) is 24.3 Å². The third-order valence-electron chi connectivity index (χ3n) is 3.75. The van der Waals surface area contributed by atoms with Crippen molar-refractivity contribution in [2.45, 2.75) is 45.6 Å². The highest BCUT2D eigenvalue weighted by atomic mass is 16.3. The number of aliphatic hydroxyl groups excluding tert-OH is 1. The standard InChI is InChI=1S/C16H25NO/c1-16(2,9-10-18)12-17-11-13-3-5-14(6-4-13)15-7-8-15/h3-6,15,17-18H,7-12H2,1-2H3. The first kappa shape index (κ1) is 13.6. The van der Waals surface area contributed by atoms with Crippen LogP contribution in [0.3, 0.4) is 0 Å². The topological polar surface area (TPSA) is 32.3 Å². The molecule has 0 aliphatic heterocycles. The molecular weight excluding hydrogens is 222 g/mol. The largest absolute Gasteiger partial charge is 0.396 e. The first-order valence-electron chi connectivity index (χ1n) is 7.01. The zero-order valence-corrected chi connectivity index (χ0v) is 11.6. The molecule has 0 radical (unpaired) electrons. The lowest BCUT2D eigenvalue weighted by Crippen LogP contribution is -2.29. The van der Waals surface area contributed by atoms with E-state index in [1.54, 1.807) is 0 Å². The van der Waals surface area contributed by atoms with E-state index in [2.05, 4.69) is 43.4 Å². The smallest absolute Gasteiger partial charge is 0.0436 e. The molecule has 1 aliphatic rings. The molecule has 18 heavy (non-hydrogen) atoms. The highest BCUT2D eigenvalue weighted by Crippen LogP contribution is 2.39. The first-order valence-corrected chi connectivity index (χ1v) is 7.01. The predicted molar refractivity (Wildman–Crippen MR) is 75.6 cm³/mol. The Morgan fingerprint density at radius 2 is 1.89 bits per heavy atom. The molecule has 0 heterocycles. The number of hydrogen-bond acceptors (Lipinski definition) is 2. The Morgan fingerprint density at radius 3 is 2.44 bits per heavy atom. The Hall–Kier alpha value is -0.860. The third kappa shape index (κ3) is 4.11. The van der Waals surface area contributed by atoms with Crippen LogP contribution in [0.25, 0.3) is 0 Å². The zero-order valence-electron chi connectivity index (χ0n) is 11.6. The molecule has 2 nitrogen and oxygen atoms in total. The van der Waals surface area contributed by atoms with E-state index in [4.69, 9.17) is 5.11 Å². The summed E-state index contributed by atoms with van der Waals surface area (Å²) < 4.78 is 0. The Labute approximate surface area is 110 Å². The van der Waals surface area contributed by atoms with Gasteiger partial charge in [-0.15, -0.1) is 0 Å². The van der Waals surface area contributed by atoms with Crippen molar-refractivity contribution in [2.24, 2.45) is 5.41 Å². The van der Waals surface area contributed by atoms with Crippen LogP contribution in [0.5, 0.6) is 0 Å². The van der Waals surface area contributed by atoms with Gasteiger partial charge in [0.15, 0.2) is 0 Å². The molecule has 0 aromatic heterocycles. The molecule has 2 heteroatoms. The number of benzene rings is 1. The van der Waals surface area contributed by atoms with Crippen molar-refractivity contribution in [2.75, 3.05) is 13.2 Å². The molecule has 100 valence electrons. The van der Waals surface area contributed by atoms with Crippen LogP contribution in [0.4, 0.5) is 0 Å². The van der Waals surface area contributed by atoms with Gasteiger partial charge in [-0.05, 0) is 41.7 Å². The normalized spacial score (nSPS) is 15.9. The van der Waals surface area contributed by atoms with E-state index in [1.807, 2.05) is 0 Å². The Kier molecular flexibility index (Phi) is 4.41. The van der Waals surface area contributed by atoms with E-state index < -0.39 is 0 Å². The van der Waals surface area contributed by atoms with E-state index in [-0.39, 0.29) is 12.0 Å². The average Bonchev–Trinajstić information content (AvgIpc) is 3.13. The summed E-state index contributed by atoms with van der Waals surface area (Å²) in [6.45, 7) is 6.50. The van der Waals surface area contributed by atoms with Crippen molar-refractivity contribution in [1.82, 2.24) is 5.32 Å². The van der Waals surface area contributed by atoms with Gasteiger partial charge in [0, 0.05) is 19.7 Å². The monoisotopic (exact) mass is 247 g/mol. The van der Waals surface area contributed by atoms with Crippen molar-refractivity contribution in [1.29, 1.82) is 0 Å². The molecule has 2 rings (SSSR count). The molecule has 1 saturated carbocycles. The summed E-state index contributed by atoms with van der Waals surface area (Å²) >= 11 is 0. The fourth-order valence-corrected chi connectivity index (χ4v) is 2.26. The van der Waals surface area contributed by atoms with Crippen LogP contribution in [0, 0.1) is 5.41 Å². The maximum absolute atomic E-state index is 8.98. The van der Waals surface area contributed by atoms with Gasteiger partial charge in [0.1, 0.15) is 0 Å². The molecule has 0 unspecified atom stereocenters. The fourth-order valence-electron chi connectivity index (χ4n) is 2.26. The second kappa shape index (κ2) is 5.85. The Morgan fingerprint density at radius 1 is 1.22 bits per heavy atom. The second-order valence-electron chi connectivity index (χ2n) is 6.26. The number of nitrogens with one attached hydrogen (secondary N) is 1. The van der Waals surface area contributed by atoms with Gasteiger partial charge in [-0.3, -0.25) is 0 Å². The maximum Gasteiger partial charge on any atom is 0.0436 e. The molecule has 2 N–H and O–H groups in total. The van der Waals surface area contributed by atoms with Gasteiger partial charge >= 0.3 is 0 Å². The van der Waals surface area contributed by atoms with E-state index in [1.165, 1.54) is 24.0 Å². The molecule has 1 aliphatic carbocycles. The van der Waals surface area contributed by atoms with Crippen LogP contribution < -0.4 is 5.32 Å². The van der Waals surface area contributed by atoms with Crippen molar-refractivity contribution < 1.29 is 5.11 Å². The predicted octanol–water partition coefficient (Wildman–Crippen LogP) is 3.06. The molecule has 0 spiro atoms. The summed E-state index contributed by atoms with van der Waals surface area (Å²) in [6.07, 6.45) is 3.58. The Balaban J connectivity index is 1.75. The van der Waals surface area contributed by atoms with E-state index in [9.17, 15) is 0 Å². The summed E-state index contributed by atoms with van der Waals surface area (Å²) in [5.74, 6) is 0.843. The van der Waals surface area contributed by atoms with Crippen LogP contribution in [-0.4, -0.2) is 18.3 Å². The minimum Gasteiger partial charge on any atom is -0.396 e. The molecule has 1 fully saturated rings. The van der Waals surface area contributed by atoms with Gasteiger partial charge in [0.25, 0.3) is 0 Å². The van der Waals surface area contributed by atoms with Crippen molar-refractivity contribution >= 4 is 0 Å². The number of hydrogen-bond donors (Lipinski definition) is 2. The molecule has 0 amide bonds. The minimum atomic E-state index is 0.169. The molecule has 1 aromatic carbocycles. The van der Waals surface area contributed by atoms with Crippen LogP contribution in [0.1, 0.15) is 50.2 Å². The summed E-state index contributed by atoms with van der Waals surface area (Å²) in [5.41, 5.74) is 3.02. The summed E-state index contributed by atoms with van der Waals surface area (Å²) in [4.78, 5) is 0. The lowest BCUT2D eigenvalue weighted by Gasteiger charge is -2.24. The summed E-state index contributed by atoms with van der Waals surface area (Å²) in [7, 11) is 0. The van der Waals surface area contributed by atoms with Crippen molar-refractivity contribution in [3.05, 3.63) is 35.4 Å². The van der Waals surface area contributed by atoms with Gasteiger partial charge in [-0.2, -0.15) is 0 Å². The van der Waals surface area contributed by atoms with Crippen LogP contribution in [0.2, 0.25) is 0 Å². The van der Waals surface area contributed by atoms with Crippen LogP contribution in [-0.2, 0) is 6.54 Å². The lowest BCUT2D eigenvalue weighted by atomic mass is 9.90. The molecular formula is C16H25NO. The van der Waals surface area contributed by atoms with E-state index in [0.717, 1.165) is 25.4 Å². The maximum atomic E-state index is 8.98. The molecule has 1 aromatic rings. The molecule has 0 atom stereocenters. The van der Waals surface area contributed by atoms with E-state index in [0.29, 0.717) is 0 Å². The molecule has 0 bridgehead atoms. The zero-order chi connectivity index (χ0) is 13.0. The van der Waals surface area contributed by atoms with Gasteiger partial charge in [0.05, 0.1) is 0 Å².